The quantitative estimate of drug-likeness (QED) is 0.859. The summed E-state index contributed by atoms with van der Waals surface area (Å²) in [6, 6.07) is 5.67. The Morgan fingerprint density at radius 3 is 2.17 bits per heavy atom. The molecule has 2 atom stereocenters. The molecule has 0 saturated heterocycles. The minimum absolute atomic E-state index is 0.0876. The molecule has 1 saturated carbocycles. The van der Waals surface area contributed by atoms with Gasteiger partial charge in [0.05, 0.1) is 5.56 Å². The summed E-state index contributed by atoms with van der Waals surface area (Å²) >= 11 is 0. The highest BCUT2D eigenvalue weighted by molar-refractivity contribution is 5.45. The van der Waals surface area contributed by atoms with Crippen molar-refractivity contribution >= 4 is 0 Å². The van der Waals surface area contributed by atoms with Crippen LogP contribution in [0.5, 0.6) is 0 Å². The Hall–Kier alpha value is -1.03. The van der Waals surface area contributed by atoms with Gasteiger partial charge in [0.25, 0.3) is 0 Å². The normalized spacial score (nSPS) is 30.3. The van der Waals surface area contributed by atoms with Crippen LogP contribution >= 0.6 is 0 Å². The number of aliphatic hydroxyl groups excluding tert-OH is 1. The molecule has 2 rings (SSSR count). The van der Waals surface area contributed by atoms with Crippen LogP contribution in [0.2, 0.25) is 0 Å². The van der Waals surface area contributed by atoms with Crippen LogP contribution in [-0.2, 0) is 11.6 Å². The van der Waals surface area contributed by atoms with Gasteiger partial charge < -0.3 is 5.11 Å². The molecule has 1 aromatic rings. The van der Waals surface area contributed by atoms with Crippen molar-refractivity contribution in [3.63, 3.8) is 0 Å². The van der Waals surface area contributed by atoms with Gasteiger partial charge in [-0.1, -0.05) is 39.0 Å². The molecule has 1 nitrogen and oxygen atoms in total. The van der Waals surface area contributed by atoms with Crippen LogP contribution in [-0.4, -0.2) is 11.7 Å². The van der Waals surface area contributed by atoms with Gasteiger partial charge in [0.2, 0.25) is 0 Å². The lowest BCUT2D eigenvalue weighted by Gasteiger charge is -2.21. The van der Waals surface area contributed by atoms with E-state index >= 15 is 0 Å². The van der Waals surface area contributed by atoms with E-state index in [-0.39, 0.29) is 17.9 Å². The second-order valence-electron chi connectivity index (χ2n) is 5.70. The maximum atomic E-state index is 13.0. The van der Waals surface area contributed by atoms with Gasteiger partial charge in [-0.25, -0.2) is 0 Å². The Bertz CT molecular complexity index is 464. The average Bonchev–Trinajstić information content (AvgIpc) is 2.72. The maximum absolute atomic E-state index is 13.0. The van der Waals surface area contributed by atoms with Crippen LogP contribution in [0.3, 0.4) is 0 Å². The van der Waals surface area contributed by atoms with Gasteiger partial charge in [0, 0.05) is 12.0 Å². The van der Waals surface area contributed by atoms with Crippen LogP contribution in [0.4, 0.5) is 13.2 Å². The van der Waals surface area contributed by atoms with E-state index in [0.717, 1.165) is 6.07 Å². The molecule has 1 aliphatic carbocycles. The lowest BCUT2D eigenvalue weighted by Crippen LogP contribution is -2.18. The van der Waals surface area contributed by atoms with Crippen molar-refractivity contribution in [2.24, 2.45) is 11.3 Å². The highest BCUT2D eigenvalue weighted by Crippen LogP contribution is 2.69. The molecule has 1 aromatic carbocycles. The first-order valence-corrected chi connectivity index (χ1v) is 5.95. The van der Waals surface area contributed by atoms with Gasteiger partial charge >= 0.3 is 6.18 Å². The van der Waals surface area contributed by atoms with E-state index in [0.29, 0.717) is 5.56 Å². The van der Waals surface area contributed by atoms with E-state index in [2.05, 4.69) is 0 Å². The minimum Gasteiger partial charge on any atom is -0.396 e. The van der Waals surface area contributed by atoms with Gasteiger partial charge in [0.1, 0.15) is 0 Å². The van der Waals surface area contributed by atoms with Gasteiger partial charge in [-0.3, -0.25) is 0 Å². The molecule has 0 heterocycles. The largest absolute Gasteiger partial charge is 0.416 e. The molecule has 2 unspecified atom stereocenters. The molecule has 0 spiro atoms. The lowest BCUT2D eigenvalue weighted by atomic mass is 9.86. The third kappa shape index (κ3) is 1.58. The zero-order chi connectivity index (χ0) is 13.8. The SMILES string of the molecule is CC1(C)C(CO)C1(C)c1ccccc1C(F)(F)F. The first kappa shape index (κ1) is 13.4. The molecule has 1 N–H and O–H groups in total. The van der Waals surface area contributed by atoms with Crippen molar-refractivity contribution < 1.29 is 18.3 Å². The van der Waals surface area contributed by atoms with Crippen LogP contribution < -0.4 is 0 Å². The van der Waals surface area contributed by atoms with Crippen LogP contribution in [0, 0.1) is 11.3 Å². The van der Waals surface area contributed by atoms with Gasteiger partial charge in [0.15, 0.2) is 0 Å². The summed E-state index contributed by atoms with van der Waals surface area (Å²) in [4.78, 5) is 0. The summed E-state index contributed by atoms with van der Waals surface area (Å²) in [5.41, 5.74) is -1.23. The standard InChI is InChI=1S/C14H17F3O/c1-12(2)11(8-18)13(12,3)9-6-4-5-7-10(9)14(15,16)17/h4-7,11,18H,8H2,1-3H3. The molecule has 0 bridgehead atoms. The number of halogens is 3. The number of hydrogen-bond acceptors (Lipinski definition) is 1. The van der Waals surface area contributed by atoms with Crippen molar-refractivity contribution in [2.45, 2.75) is 32.4 Å². The Morgan fingerprint density at radius 2 is 1.72 bits per heavy atom. The Kier molecular flexibility index (Phi) is 2.78. The predicted octanol–water partition coefficient (Wildman–Crippen LogP) is 3.61. The minimum atomic E-state index is -4.35. The number of alkyl halides is 3. The zero-order valence-electron chi connectivity index (χ0n) is 10.7. The fourth-order valence-corrected chi connectivity index (χ4v) is 3.23. The van der Waals surface area contributed by atoms with E-state index in [1.807, 2.05) is 13.8 Å². The summed E-state index contributed by atoms with van der Waals surface area (Å²) in [5, 5.41) is 9.35. The highest BCUT2D eigenvalue weighted by Gasteiger charge is 2.69. The van der Waals surface area contributed by atoms with Crippen molar-refractivity contribution in [3.05, 3.63) is 35.4 Å². The molecule has 18 heavy (non-hydrogen) atoms. The summed E-state index contributed by atoms with van der Waals surface area (Å²) in [6.07, 6.45) is -4.35. The van der Waals surface area contributed by atoms with E-state index in [1.165, 1.54) is 12.1 Å². The number of hydrogen-bond donors (Lipinski definition) is 1. The van der Waals surface area contributed by atoms with Gasteiger partial charge in [-0.15, -0.1) is 0 Å². The second-order valence-corrected chi connectivity index (χ2v) is 5.70. The molecule has 4 heteroatoms. The topological polar surface area (TPSA) is 20.2 Å². The van der Waals surface area contributed by atoms with E-state index in [9.17, 15) is 18.3 Å². The van der Waals surface area contributed by atoms with Crippen LogP contribution in [0.1, 0.15) is 31.9 Å². The Balaban J connectivity index is 2.55. The molecule has 1 fully saturated rings. The number of benzene rings is 1. The first-order chi connectivity index (χ1) is 8.17. The summed E-state index contributed by atoms with van der Waals surface area (Å²) < 4.78 is 39.1. The Labute approximate surface area is 105 Å². The third-order valence-corrected chi connectivity index (χ3v) is 4.80. The molecule has 0 radical (unpaired) electrons. The molecular formula is C14H17F3O. The monoisotopic (exact) mass is 258 g/mol. The first-order valence-electron chi connectivity index (χ1n) is 5.95. The summed E-state index contributed by atoms with van der Waals surface area (Å²) in [5.74, 6) is -0.131. The lowest BCUT2D eigenvalue weighted by molar-refractivity contribution is -0.138. The molecule has 1 aliphatic rings. The fraction of sp³-hybridized carbons (Fsp3) is 0.571. The van der Waals surface area contributed by atoms with Gasteiger partial charge in [-0.2, -0.15) is 13.2 Å². The smallest absolute Gasteiger partial charge is 0.396 e. The van der Waals surface area contributed by atoms with Crippen LogP contribution in [0.25, 0.3) is 0 Å². The van der Waals surface area contributed by atoms with E-state index < -0.39 is 17.2 Å². The van der Waals surface area contributed by atoms with Crippen molar-refractivity contribution in [1.82, 2.24) is 0 Å². The summed E-state index contributed by atoms with van der Waals surface area (Å²) in [6.45, 7) is 5.52. The van der Waals surface area contributed by atoms with Crippen molar-refractivity contribution in [2.75, 3.05) is 6.61 Å². The van der Waals surface area contributed by atoms with E-state index in [4.69, 9.17) is 0 Å². The second kappa shape index (κ2) is 3.73. The van der Waals surface area contributed by atoms with Gasteiger partial charge in [-0.05, 0) is 23.0 Å². The molecule has 0 aromatic heterocycles. The molecule has 0 aliphatic heterocycles. The highest BCUT2D eigenvalue weighted by atomic mass is 19.4. The maximum Gasteiger partial charge on any atom is 0.416 e. The molecule has 0 amide bonds. The van der Waals surface area contributed by atoms with E-state index in [1.54, 1.807) is 13.0 Å². The third-order valence-electron chi connectivity index (χ3n) is 4.80. The zero-order valence-corrected chi connectivity index (χ0v) is 10.7. The van der Waals surface area contributed by atoms with Crippen LogP contribution in [0.15, 0.2) is 24.3 Å². The molecule has 100 valence electrons. The number of aliphatic hydroxyl groups is 1. The average molecular weight is 258 g/mol. The predicted molar refractivity (Wildman–Crippen MR) is 63.2 cm³/mol. The van der Waals surface area contributed by atoms with Crippen molar-refractivity contribution in [3.8, 4) is 0 Å². The number of rotatable bonds is 2. The fourth-order valence-electron chi connectivity index (χ4n) is 3.23. The van der Waals surface area contributed by atoms with Crippen molar-refractivity contribution in [1.29, 1.82) is 0 Å². The summed E-state index contributed by atoms with van der Waals surface area (Å²) in [7, 11) is 0. The molecular weight excluding hydrogens is 241 g/mol. The Morgan fingerprint density at radius 1 is 1.17 bits per heavy atom.